The van der Waals surface area contributed by atoms with E-state index in [0.717, 1.165) is 37.4 Å². The fourth-order valence-corrected chi connectivity index (χ4v) is 3.34. The number of rotatable bonds is 13. The summed E-state index contributed by atoms with van der Waals surface area (Å²) >= 11 is 0. The molecule has 29 heavy (non-hydrogen) atoms. The zero-order valence-electron chi connectivity index (χ0n) is 18.6. The number of hydrogen-bond donors (Lipinski definition) is 0. The summed E-state index contributed by atoms with van der Waals surface area (Å²) in [5, 5.41) is 2.39. The topological polar surface area (TPSA) is 18.5 Å². The lowest BCUT2D eigenvalue weighted by atomic mass is 10.1. The highest BCUT2D eigenvalue weighted by Gasteiger charge is 2.00. The van der Waals surface area contributed by atoms with Crippen molar-refractivity contribution in [2.24, 2.45) is 0 Å². The Morgan fingerprint density at radius 2 is 1.45 bits per heavy atom. The molecule has 0 fully saturated rings. The van der Waals surface area contributed by atoms with E-state index in [-0.39, 0.29) is 6.10 Å². The Bertz CT molecular complexity index is 769. The molecule has 0 N–H and O–H groups in total. The highest BCUT2D eigenvalue weighted by molar-refractivity contribution is 5.85. The average Bonchev–Trinajstić information content (AvgIpc) is 2.75. The van der Waals surface area contributed by atoms with Crippen molar-refractivity contribution in [3.8, 4) is 17.6 Å². The SMILES string of the molecule is CCCCCCCCCCOc1ccc2cc(C#CC(C)OCCC)ccc2c1. The van der Waals surface area contributed by atoms with Crippen LogP contribution in [0.15, 0.2) is 36.4 Å². The van der Waals surface area contributed by atoms with Crippen molar-refractivity contribution in [2.75, 3.05) is 13.2 Å². The highest BCUT2D eigenvalue weighted by Crippen LogP contribution is 2.22. The Balaban J connectivity index is 1.76. The van der Waals surface area contributed by atoms with Crippen LogP contribution >= 0.6 is 0 Å². The van der Waals surface area contributed by atoms with E-state index in [0.29, 0.717) is 0 Å². The summed E-state index contributed by atoms with van der Waals surface area (Å²) in [5.74, 6) is 7.35. The maximum absolute atomic E-state index is 5.96. The van der Waals surface area contributed by atoms with Crippen LogP contribution < -0.4 is 4.74 Å². The van der Waals surface area contributed by atoms with Crippen LogP contribution in [0.2, 0.25) is 0 Å². The molecular formula is C27H38O2. The maximum Gasteiger partial charge on any atom is 0.119 e. The molecular weight excluding hydrogens is 356 g/mol. The Hall–Kier alpha value is -1.98. The van der Waals surface area contributed by atoms with Crippen molar-refractivity contribution in [3.05, 3.63) is 42.0 Å². The first-order chi connectivity index (χ1) is 14.2. The molecule has 2 aromatic rings. The van der Waals surface area contributed by atoms with Gasteiger partial charge in [-0.1, -0.05) is 82.8 Å². The fourth-order valence-electron chi connectivity index (χ4n) is 3.34. The quantitative estimate of drug-likeness (QED) is 0.258. The minimum absolute atomic E-state index is 0.0298. The molecule has 0 bridgehead atoms. The van der Waals surface area contributed by atoms with Gasteiger partial charge >= 0.3 is 0 Å². The lowest BCUT2D eigenvalue weighted by molar-refractivity contribution is 0.104. The highest BCUT2D eigenvalue weighted by atomic mass is 16.5. The number of unbranched alkanes of at least 4 members (excludes halogenated alkanes) is 7. The Morgan fingerprint density at radius 3 is 2.21 bits per heavy atom. The smallest absolute Gasteiger partial charge is 0.119 e. The molecule has 0 aromatic heterocycles. The molecule has 0 aliphatic heterocycles. The average molecular weight is 395 g/mol. The molecule has 0 aliphatic carbocycles. The van der Waals surface area contributed by atoms with Crippen LogP contribution in [0, 0.1) is 11.8 Å². The first kappa shape index (κ1) is 23.3. The zero-order valence-corrected chi connectivity index (χ0v) is 18.6. The summed E-state index contributed by atoms with van der Waals surface area (Å²) in [6.07, 6.45) is 11.6. The molecule has 0 aliphatic rings. The summed E-state index contributed by atoms with van der Waals surface area (Å²) in [7, 11) is 0. The van der Waals surface area contributed by atoms with Crippen molar-refractivity contribution in [3.63, 3.8) is 0 Å². The summed E-state index contributed by atoms with van der Waals surface area (Å²) in [6, 6.07) is 12.7. The minimum atomic E-state index is -0.0298. The van der Waals surface area contributed by atoms with Crippen LogP contribution in [-0.4, -0.2) is 19.3 Å². The maximum atomic E-state index is 5.96. The number of hydrogen-bond acceptors (Lipinski definition) is 2. The van der Waals surface area contributed by atoms with Crippen molar-refractivity contribution >= 4 is 10.8 Å². The van der Waals surface area contributed by atoms with E-state index < -0.39 is 0 Å². The monoisotopic (exact) mass is 394 g/mol. The van der Waals surface area contributed by atoms with Gasteiger partial charge in [0.1, 0.15) is 11.9 Å². The summed E-state index contributed by atoms with van der Waals surface area (Å²) in [4.78, 5) is 0. The van der Waals surface area contributed by atoms with E-state index in [2.05, 4.69) is 62.1 Å². The van der Waals surface area contributed by atoms with Crippen molar-refractivity contribution in [1.82, 2.24) is 0 Å². The Labute approximate surface area is 178 Å². The molecule has 158 valence electrons. The van der Waals surface area contributed by atoms with E-state index in [9.17, 15) is 0 Å². The third-order valence-electron chi connectivity index (χ3n) is 5.07. The molecule has 1 atom stereocenters. The molecule has 2 rings (SSSR count). The molecule has 0 heterocycles. The zero-order chi connectivity index (χ0) is 20.7. The molecule has 0 amide bonds. The molecule has 2 heteroatoms. The predicted octanol–water partition coefficient (Wildman–Crippen LogP) is 7.53. The van der Waals surface area contributed by atoms with Crippen LogP contribution in [0.4, 0.5) is 0 Å². The van der Waals surface area contributed by atoms with Gasteiger partial charge in [-0.25, -0.2) is 0 Å². The second-order valence-corrected chi connectivity index (χ2v) is 7.83. The van der Waals surface area contributed by atoms with Crippen molar-refractivity contribution < 1.29 is 9.47 Å². The number of fused-ring (bicyclic) bond motifs is 1. The van der Waals surface area contributed by atoms with E-state index in [1.54, 1.807) is 0 Å². The molecule has 0 saturated carbocycles. The van der Waals surface area contributed by atoms with Gasteiger partial charge in [-0.15, -0.1) is 0 Å². The lowest BCUT2D eigenvalue weighted by Gasteiger charge is -2.08. The van der Waals surface area contributed by atoms with E-state index in [1.807, 2.05) is 6.92 Å². The van der Waals surface area contributed by atoms with Gasteiger partial charge in [0.05, 0.1) is 6.61 Å². The van der Waals surface area contributed by atoms with Gasteiger partial charge in [0.2, 0.25) is 0 Å². The Morgan fingerprint density at radius 1 is 0.759 bits per heavy atom. The first-order valence-corrected chi connectivity index (χ1v) is 11.5. The first-order valence-electron chi connectivity index (χ1n) is 11.5. The molecule has 1 unspecified atom stereocenters. The van der Waals surface area contributed by atoms with Crippen LogP contribution in [0.25, 0.3) is 10.8 Å². The van der Waals surface area contributed by atoms with Gasteiger partial charge in [-0.3, -0.25) is 0 Å². The van der Waals surface area contributed by atoms with Crippen LogP contribution in [0.5, 0.6) is 5.75 Å². The van der Waals surface area contributed by atoms with Gasteiger partial charge < -0.3 is 9.47 Å². The summed E-state index contributed by atoms with van der Waals surface area (Å²) in [5.41, 5.74) is 1.03. The number of benzene rings is 2. The fraction of sp³-hybridized carbons (Fsp3) is 0.556. The van der Waals surface area contributed by atoms with Crippen molar-refractivity contribution in [2.45, 2.75) is 84.7 Å². The van der Waals surface area contributed by atoms with Crippen molar-refractivity contribution in [1.29, 1.82) is 0 Å². The van der Waals surface area contributed by atoms with E-state index >= 15 is 0 Å². The van der Waals surface area contributed by atoms with Gasteiger partial charge in [0.25, 0.3) is 0 Å². The lowest BCUT2D eigenvalue weighted by Crippen LogP contribution is -2.05. The summed E-state index contributed by atoms with van der Waals surface area (Å²) < 4.78 is 11.6. The van der Waals surface area contributed by atoms with Gasteiger partial charge in [0, 0.05) is 12.2 Å². The second kappa shape index (κ2) is 14.1. The van der Waals surface area contributed by atoms with E-state index in [4.69, 9.17) is 9.47 Å². The van der Waals surface area contributed by atoms with Crippen LogP contribution in [0.3, 0.4) is 0 Å². The van der Waals surface area contributed by atoms with Crippen LogP contribution in [-0.2, 0) is 4.74 Å². The third kappa shape index (κ3) is 9.37. The Kier molecular flexibility index (Phi) is 11.3. The normalized spacial score (nSPS) is 11.8. The number of ether oxygens (including phenoxy) is 2. The molecule has 0 radical (unpaired) electrons. The molecule has 0 spiro atoms. The third-order valence-corrected chi connectivity index (χ3v) is 5.07. The van der Waals surface area contributed by atoms with Gasteiger partial charge in [0.15, 0.2) is 0 Å². The predicted molar refractivity (Wildman–Crippen MR) is 125 cm³/mol. The summed E-state index contributed by atoms with van der Waals surface area (Å²) in [6.45, 7) is 7.94. The van der Waals surface area contributed by atoms with Gasteiger partial charge in [-0.2, -0.15) is 0 Å². The van der Waals surface area contributed by atoms with Gasteiger partial charge in [-0.05, 0) is 54.8 Å². The largest absolute Gasteiger partial charge is 0.494 e. The minimum Gasteiger partial charge on any atom is -0.494 e. The molecule has 0 saturated heterocycles. The molecule has 2 aromatic carbocycles. The van der Waals surface area contributed by atoms with Crippen LogP contribution in [0.1, 0.15) is 84.1 Å². The standard InChI is InChI=1S/C27H38O2/c1-4-6-7-8-9-10-11-12-20-29-27-18-17-25-21-24(15-16-26(25)22-27)14-13-23(3)28-19-5-2/h15-18,21-23H,4-12,19-20H2,1-3H3. The molecule has 2 nitrogen and oxygen atoms in total. The second-order valence-electron chi connectivity index (χ2n) is 7.83. The van der Waals surface area contributed by atoms with E-state index in [1.165, 1.54) is 55.7 Å².